The average molecular weight is 290 g/mol. The van der Waals surface area contributed by atoms with Gasteiger partial charge in [-0.25, -0.2) is 4.79 Å². The molecular formula is C15H18N2O2S. The van der Waals surface area contributed by atoms with Gasteiger partial charge in [-0.05, 0) is 30.9 Å². The number of benzene rings is 1. The predicted octanol–water partition coefficient (Wildman–Crippen LogP) is 3.49. The van der Waals surface area contributed by atoms with Crippen LogP contribution >= 0.6 is 11.8 Å². The average Bonchev–Trinajstić information content (AvgIpc) is 2.46. The molecule has 0 amide bonds. The second-order valence-corrected chi connectivity index (χ2v) is 5.48. The van der Waals surface area contributed by atoms with Crippen LogP contribution in [-0.4, -0.2) is 34.6 Å². The van der Waals surface area contributed by atoms with E-state index in [1.54, 1.807) is 0 Å². The third-order valence-electron chi connectivity index (χ3n) is 3.08. The number of hydrogen-bond acceptors (Lipinski definition) is 4. The maximum atomic E-state index is 11.3. The topological polar surface area (TPSA) is 62.2 Å². The highest BCUT2D eigenvalue weighted by Gasteiger charge is 2.13. The van der Waals surface area contributed by atoms with Crippen molar-refractivity contribution in [3.05, 3.63) is 36.0 Å². The third-order valence-corrected chi connectivity index (χ3v) is 3.78. The number of carbonyl (C=O) groups is 1. The van der Waals surface area contributed by atoms with Gasteiger partial charge in [0.1, 0.15) is 5.56 Å². The van der Waals surface area contributed by atoms with Gasteiger partial charge in [0.15, 0.2) is 0 Å². The quantitative estimate of drug-likeness (QED) is 0.764. The molecule has 2 aromatic rings. The Morgan fingerprint density at radius 1 is 1.35 bits per heavy atom. The zero-order valence-corrected chi connectivity index (χ0v) is 12.2. The number of pyridine rings is 1. The number of carboxylic acids is 1. The minimum absolute atomic E-state index is 0.230. The number of para-hydroxylation sites is 1. The van der Waals surface area contributed by atoms with Crippen molar-refractivity contribution in [2.45, 2.75) is 12.8 Å². The molecule has 0 spiro atoms. The highest BCUT2D eigenvalue weighted by Crippen LogP contribution is 2.25. The second kappa shape index (κ2) is 7.14. The third kappa shape index (κ3) is 3.42. The van der Waals surface area contributed by atoms with Crippen LogP contribution in [-0.2, 0) is 0 Å². The molecule has 0 unspecified atom stereocenters. The fourth-order valence-corrected chi connectivity index (χ4v) is 2.57. The summed E-state index contributed by atoms with van der Waals surface area (Å²) in [5, 5.41) is 13.4. The molecule has 0 radical (unpaired) electrons. The SMILES string of the molecule is CSCCCCNc1c(C(=O)O)cnc2ccccc12. The largest absolute Gasteiger partial charge is 0.478 e. The summed E-state index contributed by atoms with van der Waals surface area (Å²) in [4.78, 5) is 15.5. The van der Waals surface area contributed by atoms with Crippen LogP contribution in [0.2, 0.25) is 0 Å². The van der Waals surface area contributed by atoms with Gasteiger partial charge in [0.25, 0.3) is 0 Å². The van der Waals surface area contributed by atoms with E-state index < -0.39 is 5.97 Å². The molecule has 2 rings (SSSR count). The zero-order chi connectivity index (χ0) is 14.4. The van der Waals surface area contributed by atoms with E-state index >= 15 is 0 Å². The molecule has 5 heteroatoms. The molecule has 4 nitrogen and oxygen atoms in total. The molecule has 106 valence electrons. The standard InChI is InChI=1S/C15H18N2O2S/c1-20-9-5-4-8-16-14-11-6-2-3-7-13(11)17-10-12(14)15(18)19/h2-3,6-7,10H,4-5,8-9H2,1H3,(H,16,17)(H,18,19). The zero-order valence-electron chi connectivity index (χ0n) is 11.4. The van der Waals surface area contributed by atoms with Crippen LogP contribution in [0.25, 0.3) is 10.9 Å². The summed E-state index contributed by atoms with van der Waals surface area (Å²) >= 11 is 1.83. The lowest BCUT2D eigenvalue weighted by molar-refractivity contribution is 0.0697. The van der Waals surface area contributed by atoms with Gasteiger partial charge in [-0.3, -0.25) is 4.98 Å². The smallest absolute Gasteiger partial charge is 0.339 e. The Hall–Kier alpha value is -1.75. The van der Waals surface area contributed by atoms with E-state index in [1.165, 1.54) is 6.20 Å². The number of nitrogens with zero attached hydrogens (tertiary/aromatic N) is 1. The van der Waals surface area contributed by atoms with Gasteiger partial charge in [-0.2, -0.15) is 11.8 Å². The molecule has 0 bridgehead atoms. The Morgan fingerprint density at radius 2 is 2.15 bits per heavy atom. The number of hydrogen-bond donors (Lipinski definition) is 2. The van der Waals surface area contributed by atoms with Crippen LogP contribution in [0, 0.1) is 0 Å². The van der Waals surface area contributed by atoms with E-state index in [9.17, 15) is 9.90 Å². The molecule has 0 aliphatic carbocycles. The van der Waals surface area contributed by atoms with Crippen molar-refractivity contribution in [1.82, 2.24) is 4.98 Å². The lowest BCUT2D eigenvalue weighted by Gasteiger charge is -2.12. The number of nitrogens with one attached hydrogen (secondary N) is 1. The Balaban J connectivity index is 2.23. The van der Waals surface area contributed by atoms with E-state index in [-0.39, 0.29) is 5.56 Å². The van der Waals surface area contributed by atoms with E-state index in [4.69, 9.17) is 0 Å². The predicted molar refractivity (Wildman–Crippen MR) is 84.8 cm³/mol. The van der Waals surface area contributed by atoms with E-state index in [0.717, 1.165) is 36.0 Å². The number of rotatable bonds is 7. The van der Waals surface area contributed by atoms with E-state index in [1.807, 2.05) is 36.0 Å². The molecule has 1 aromatic heterocycles. The van der Waals surface area contributed by atoms with Crippen LogP contribution < -0.4 is 5.32 Å². The molecular weight excluding hydrogens is 272 g/mol. The molecule has 0 aliphatic rings. The van der Waals surface area contributed by atoms with Gasteiger partial charge < -0.3 is 10.4 Å². The number of unbranched alkanes of at least 4 members (excludes halogenated alkanes) is 1. The van der Waals surface area contributed by atoms with Crippen molar-refractivity contribution in [1.29, 1.82) is 0 Å². The van der Waals surface area contributed by atoms with Gasteiger partial charge in [0, 0.05) is 18.1 Å². The van der Waals surface area contributed by atoms with E-state index in [2.05, 4.69) is 16.6 Å². The molecule has 0 aliphatic heterocycles. The van der Waals surface area contributed by atoms with Gasteiger partial charge in [-0.15, -0.1) is 0 Å². The molecule has 2 N–H and O–H groups in total. The van der Waals surface area contributed by atoms with Crippen molar-refractivity contribution < 1.29 is 9.90 Å². The maximum Gasteiger partial charge on any atom is 0.339 e. The van der Waals surface area contributed by atoms with Crippen molar-refractivity contribution in [3.8, 4) is 0 Å². The van der Waals surface area contributed by atoms with Crippen LogP contribution in [0.3, 0.4) is 0 Å². The summed E-state index contributed by atoms with van der Waals surface area (Å²) in [6.45, 7) is 0.773. The summed E-state index contributed by atoms with van der Waals surface area (Å²) in [7, 11) is 0. The molecule has 0 fully saturated rings. The molecule has 1 aromatic carbocycles. The van der Waals surface area contributed by atoms with Crippen LogP contribution in [0.4, 0.5) is 5.69 Å². The fraction of sp³-hybridized carbons (Fsp3) is 0.333. The first kappa shape index (κ1) is 14.7. The number of aromatic nitrogens is 1. The summed E-state index contributed by atoms with van der Waals surface area (Å²) in [5.74, 6) is 0.180. The molecule has 1 heterocycles. The normalized spacial score (nSPS) is 10.7. The Bertz CT molecular complexity index is 601. The summed E-state index contributed by atoms with van der Waals surface area (Å²) in [6, 6.07) is 7.59. The van der Waals surface area contributed by atoms with Crippen molar-refractivity contribution >= 4 is 34.3 Å². The number of anilines is 1. The highest BCUT2D eigenvalue weighted by atomic mass is 32.2. The first-order valence-electron chi connectivity index (χ1n) is 6.58. The number of fused-ring (bicyclic) bond motifs is 1. The lowest BCUT2D eigenvalue weighted by Crippen LogP contribution is -2.09. The Morgan fingerprint density at radius 3 is 2.90 bits per heavy atom. The second-order valence-electron chi connectivity index (χ2n) is 4.50. The van der Waals surface area contributed by atoms with Crippen molar-refractivity contribution in [2.75, 3.05) is 23.9 Å². The minimum atomic E-state index is -0.949. The number of aromatic carboxylic acids is 1. The Kier molecular flexibility index (Phi) is 5.24. The van der Waals surface area contributed by atoms with Crippen LogP contribution in [0.5, 0.6) is 0 Å². The van der Waals surface area contributed by atoms with Gasteiger partial charge in [0.2, 0.25) is 0 Å². The van der Waals surface area contributed by atoms with Crippen LogP contribution in [0.1, 0.15) is 23.2 Å². The minimum Gasteiger partial charge on any atom is -0.478 e. The van der Waals surface area contributed by atoms with Gasteiger partial charge in [0.05, 0.1) is 11.2 Å². The maximum absolute atomic E-state index is 11.3. The first-order chi connectivity index (χ1) is 9.74. The number of carboxylic acid groups (broad SMARTS) is 1. The van der Waals surface area contributed by atoms with Crippen molar-refractivity contribution in [2.24, 2.45) is 0 Å². The summed E-state index contributed by atoms with van der Waals surface area (Å²) in [5.41, 5.74) is 1.71. The monoisotopic (exact) mass is 290 g/mol. The summed E-state index contributed by atoms with van der Waals surface area (Å²) in [6.07, 6.45) is 5.66. The van der Waals surface area contributed by atoms with Gasteiger partial charge >= 0.3 is 5.97 Å². The van der Waals surface area contributed by atoms with Crippen LogP contribution in [0.15, 0.2) is 30.5 Å². The van der Waals surface area contributed by atoms with Gasteiger partial charge in [-0.1, -0.05) is 18.2 Å². The molecule has 0 saturated heterocycles. The highest BCUT2D eigenvalue weighted by molar-refractivity contribution is 7.98. The molecule has 0 saturated carbocycles. The number of thioether (sulfide) groups is 1. The van der Waals surface area contributed by atoms with Crippen molar-refractivity contribution in [3.63, 3.8) is 0 Å². The first-order valence-corrected chi connectivity index (χ1v) is 7.97. The fourth-order valence-electron chi connectivity index (χ4n) is 2.08. The lowest BCUT2D eigenvalue weighted by atomic mass is 10.1. The Labute approximate surface area is 122 Å². The molecule has 20 heavy (non-hydrogen) atoms. The van der Waals surface area contributed by atoms with E-state index in [0.29, 0.717) is 5.69 Å². The summed E-state index contributed by atoms with van der Waals surface area (Å²) < 4.78 is 0. The molecule has 0 atom stereocenters.